The van der Waals surface area contributed by atoms with Crippen molar-refractivity contribution >= 4 is 21.9 Å². The Hall–Kier alpha value is -0.0500. The number of esters is 1. The Morgan fingerprint density at radius 2 is 1.94 bits per heavy atom. The Labute approximate surface area is 119 Å². The zero-order valence-corrected chi connectivity index (χ0v) is 13.7. The highest BCUT2D eigenvalue weighted by atomic mass is 79.9. The van der Waals surface area contributed by atoms with Crippen LogP contribution in [-0.4, -0.2) is 16.9 Å². The minimum Gasteiger partial charge on any atom is -0.461 e. The van der Waals surface area contributed by atoms with Gasteiger partial charge in [-0.15, -0.1) is 0 Å². The van der Waals surface area contributed by atoms with Crippen LogP contribution in [0.15, 0.2) is 0 Å². The van der Waals surface area contributed by atoms with Crippen molar-refractivity contribution in [1.82, 2.24) is 0 Å². The van der Waals surface area contributed by atoms with E-state index in [-0.39, 0.29) is 28.2 Å². The summed E-state index contributed by atoms with van der Waals surface area (Å²) in [6.45, 7) is 11.1. The van der Waals surface area contributed by atoms with Crippen molar-refractivity contribution in [3.63, 3.8) is 0 Å². The van der Waals surface area contributed by atoms with Gasteiger partial charge in [0.2, 0.25) is 0 Å². The van der Waals surface area contributed by atoms with Crippen LogP contribution >= 0.6 is 15.9 Å². The number of carbonyl (C=O) groups excluding carboxylic acids is 1. The number of fused-ring (bicyclic) bond motifs is 2. The molecule has 2 bridgehead atoms. The lowest BCUT2D eigenvalue weighted by atomic mass is 9.70. The first kappa shape index (κ1) is 14.4. The molecule has 0 radical (unpaired) electrons. The first-order valence-corrected chi connectivity index (χ1v) is 7.96. The first-order chi connectivity index (χ1) is 8.20. The van der Waals surface area contributed by atoms with Crippen molar-refractivity contribution in [1.29, 1.82) is 0 Å². The summed E-state index contributed by atoms with van der Waals surface area (Å²) in [7, 11) is 0. The molecular weight excluding hydrogens is 292 g/mol. The lowest BCUT2D eigenvalue weighted by Gasteiger charge is -2.38. The minimum absolute atomic E-state index is 0.0837. The smallest absolute Gasteiger partial charge is 0.320 e. The van der Waals surface area contributed by atoms with Crippen LogP contribution in [0.25, 0.3) is 0 Å². The Morgan fingerprint density at radius 1 is 1.33 bits per heavy atom. The molecule has 4 unspecified atom stereocenters. The normalized spacial score (nSPS) is 39.1. The van der Waals surface area contributed by atoms with Gasteiger partial charge in [0.15, 0.2) is 0 Å². The number of rotatable bonds is 3. The van der Waals surface area contributed by atoms with Crippen LogP contribution in [0, 0.1) is 22.7 Å². The Balaban J connectivity index is 2.07. The van der Waals surface area contributed by atoms with Gasteiger partial charge in [0, 0.05) is 5.41 Å². The molecule has 18 heavy (non-hydrogen) atoms. The average molecular weight is 317 g/mol. The van der Waals surface area contributed by atoms with Gasteiger partial charge in [0.05, 0.1) is 0 Å². The van der Waals surface area contributed by atoms with Crippen LogP contribution < -0.4 is 0 Å². The molecule has 0 heterocycles. The Bertz CT molecular complexity index is 350. The molecule has 2 aliphatic carbocycles. The zero-order valence-electron chi connectivity index (χ0n) is 12.1. The second kappa shape index (κ2) is 4.50. The van der Waals surface area contributed by atoms with Crippen LogP contribution in [-0.2, 0) is 9.53 Å². The molecule has 2 nitrogen and oxygen atoms in total. The quantitative estimate of drug-likeness (QED) is 0.577. The van der Waals surface area contributed by atoms with E-state index in [1.165, 1.54) is 12.8 Å². The van der Waals surface area contributed by atoms with Gasteiger partial charge >= 0.3 is 5.97 Å². The third kappa shape index (κ3) is 1.93. The van der Waals surface area contributed by atoms with Gasteiger partial charge in [-0.3, -0.25) is 4.79 Å². The van der Waals surface area contributed by atoms with Crippen LogP contribution in [0.1, 0.15) is 53.9 Å². The van der Waals surface area contributed by atoms with Crippen molar-refractivity contribution in [2.24, 2.45) is 22.7 Å². The van der Waals surface area contributed by atoms with E-state index in [4.69, 9.17) is 4.74 Å². The maximum absolute atomic E-state index is 12.1. The van der Waals surface area contributed by atoms with E-state index in [0.717, 1.165) is 6.42 Å². The van der Waals surface area contributed by atoms with Crippen LogP contribution in [0.4, 0.5) is 0 Å². The van der Waals surface area contributed by atoms with Crippen molar-refractivity contribution in [3.05, 3.63) is 0 Å². The maximum atomic E-state index is 12.1. The maximum Gasteiger partial charge on any atom is 0.320 e. The summed E-state index contributed by atoms with van der Waals surface area (Å²) in [4.78, 5) is 11.9. The van der Waals surface area contributed by atoms with Crippen molar-refractivity contribution < 1.29 is 9.53 Å². The van der Waals surface area contributed by atoms with E-state index >= 15 is 0 Å². The highest BCUT2D eigenvalue weighted by Gasteiger charge is 2.62. The highest BCUT2D eigenvalue weighted by molar-refractivity contribution is 9.10. The fourth-order valence-electron chi connectivity index (χ4n) is 3.79. The molecule has 2 aliphatic rings. The predicted molar refractivity (Wildman–Crippen MR) is 76.7 cm³/mol. The molecular formula is C15H25BrO2. The van der Waals surface area contributed by atoms with Gasteiger partial charge in [-0.2, -0.15) is 0 Å². The number of alkyl halides is 1. The van der Waals surface area contributed by atoms with Crippen LogP contribution in [0.2, 0.25) is 0 Å². The Kier molecular flexibility index (Phi) is 3.59. The van der Waals surface area contributed by atoms with Crippen molar-refractivity contribution in [3.8, 4) is 0 Å². The molecule has 104 valence electrons. The molecule has 0 aromatic carbocycles. The molecule has 3 heteroatoms. The second-order valence-corrected chi connectivity index (χ2v) is 8.17. The topological polar surface area (TPSA) is 26.3 Å². The molecule has 4 atom stereocenters. The van der Waals surface area contributed by atoms with Crippen LogP contribution in [0.5, 0.6) is 0 Å². The SMILES string of the molecule is CC(C)C(Br)C(=O)OC1CC2CCC1(C)C2(C)C. The van der Waals surface area contributed by atoms with Gasteiger partial charge < -0.3 is 4.74 Å². The number of ether oxygens (including phenoxy) is 1. The summed E-state index contributed by atoms with van der Waals surface area (Å²) in [5.41, 5.74) is 0.467. The van der Waals surface area contributed by atoms with Crippen molar-refractivity contribution in [2.75, 3.05) is 0 Å². The largest absolute Gasteiger partial charge is 0.461 e. The van der Waals surface area contributed by atoms with Gasteiger partial charge in [0.25, 0.3) is 0 Å². The lowest BCUT2D eigenvalue weighted by Crippen LogP contribution is -2.40. The fraction of sp³-hybridized carbons (Fsp3) is 0.933. The van der Waals surface area contributed by atoms with E-state index in [0.29, 0.717) is 11.3 Å². The van der Waals surface area contributed by atoms with Gasteiger partial charge in [-0.05, 0) is 36.5 Å². The number of hydrogen-bond donors (Lipinski definition) is 0. The molecule has 2 fully saturated rings. The molecule has 0 saturated heterocycles. The van der Waals surface area contributed by atoms with E-state index in [9.17, 15) is 4.79 Å². The van der Waals surface area contributed by atoms with E-state index in [1.807, 2.05) is 13.8 Å². The third-order valence-corrected chi connectivity index (χ3v) is 7.21. The lowest BCUT2D eigenvalue weighted by molar-refractivity contribution is -0.156. The van der Waals surface area contributed by atoms with Crippen molar-refractivity contribution in [2.45, 2.75) is 64.8 Å². The monoisotopic (exact) mass is 316 g/mol. The fourth-order valence-corrected chi connectivity index (χ4v) is 3.89. The second-order valence-electron chi connectivity index (χ2n) is 7.18. The standard InChI is InChI=1S/C15H25BrO2/c1-9(2)12(16)13(17)18-11-8-10-6-7-15(11,5)14(10,3)4/h9-12H,6-8H2,1-5H3. The van der Waals surface area contributed by atoms with Crippen LogP contribution in [0.3, 0.4) is 0 Å². The molecule has 2 rings (SSSR count). The highest BCUT2D eigenvalue weighted by Crippen LogP contribution is 2.66. The summed E-state index contributed by atoms with van der Waals surface area (Å²) >= 11 is 3.44. The zero-order chi connectivity index (χ0) is 13.7. The van der Waals surface area contributed by atoms with E-state index in [1.54, 1.807) is 0 Å². The summed E-state index contributed by atoms with van der Waals surface area (Å²) in [6.07, 6.45) is 3.64. The summed E-state index contributed by atoms with van der Waals surface area (Å²) in [5, 5.41) is 0. The molecule has 0 aromatic heterocycles. The molecule has 0 spiro atoms. The first-order valence-electron chi connectivity index (χ1n) is 7.04. The van der Waals surface area contributed by atoms with Gasteiger partial charge in [-0.25, -0.2) is 0 Å². The molecule has 0 aliphatic heterocycles. The summed E-state index contributed by atoms with van der Waals surface area (Å²) in [5.74, 6) is 0.907. The van der Waals surface area contributed by atoms with E-state index in [2.05, 4.69) is 36.7 Å². The Morgan fingerprint density at radius 3 is 2.33 bits per heavy atom. The molecule has 0 N–H and O–H groups in total. The minimum atomic E-state index is -0.177. The third-order valence-electron chi connectivity index (χ3n) is 5.78. The molecule has 0 amide bonds. The van der Waals surface area contributed by atoms with E-state index < -0.39 is 0 Å². The predicted octanol–water partition coefficient (Wildman–Crippen LogP) is 4.16. The number of halogens is 1. The molecule has 2 saturated carbocycles. The number of carbonyl (C=O) groups is 1. The number of hydrogen-bond acceptors (Lipinski definition) is 2. The summed E-state index contributed by atoms with van der Waals surface area (Å²) in [6, 6.07) is 0. The van der Waals surface area contributed by atoms with Gasteiger partial charge in [0.1, 0.15) is 10.9 Å². The average Bonchev–Trinajstić information content (AvgIpc) is 2.60. The van der Waals surface area contributed by atoms with Gasteiger partial charge in [-0.1, -0.05) is 50.5 Å². The molecule has 0 aromatic rings. The summed E-state index contributed by atoms with van der Waals surface area (Å²) < 4.78 is 5.82.